The molecule has 0 aromatic heterocycles. The van der Waals surface area contributed by atoms with Gasteiger partial charge in [-0.1, -0.05) is 6.42 Å². The van der Waals surface area contributed by atoms with Crippen LogP contribution in [0.2, 0.25) is 0 Å². The van der Waals surface area contributed by atoms with Gasteiger partial charge in [0.2, 0.25) is 0 Å². The minimum atomic E-state index is -0.473. The smallest absolute Gasteiger partial charge is 0.126 e. The molecule has 0 saturated heterocycles. The summed E-state index contributed by atoms with van der Waals surface area (Å²) in [5.74, 6) is 2.86. The van der Waals surface area contributed by atoms with E-state index in [-0.39, 0.29) is 0 Å². The van der Waals surface area contributed by atoms with Crippen molar-refractivity contribution >= 4 is 0 Å². The second kappa shape index (κ2) is 5.35. The van der Waals surface area contributed by atoms with Gasteiger partial charge in [-0.15, -0.1) is 0 Å². The van der Waals surface area contributed by atoms with Gasteiger partial charge < -0.3 is 5.32 Å². The topological polar surface area (TPSA) is 12.0 Å². The maximum absolute atomic E-state index is 13.2. The van der Waals surface area contributed by atoms with E-state index in [0.29, 0.717) is 12.5 Å². The molecule has 0 spiro atoms. The fraction of sp³-hybridized carbons (Fsp3) is 0.667. The number of hydrogen-bond acceptors (Lipinski definition) is 1. The molecule has 0 aliphatic heterocycles. The molecule has 1 aromatic carbocycles. The molecule has 1 N–H and O–H groups in total. The van der Waals surface area contributed by atoms with Gasteiger partial charge in [0.15, 0.2) is 0 Å². The van der Waals surface area contributed by atoms with Crippen molar-refractivity contribution in [3.8, 4) is 0 Å². The Labute approximate surface area is 125 Å². The Balaban J connectivity index is 1.32. The molecule has 3 aliphatic rings. The van der Waals surface area contributed by atoms with Crippen molar-refractivity contribution in [2.45, 2.75) is 44.6 Å². The first-order valence-corrected chi connectivity index (χ1v) is 8.39. The molecule has 5 atom stereocenters. The Bertz CT molecular complexity index is 510. The summed E-state index contributed by atoms with van der Waals surface area (Å²) >= 11 is 0. The molecule has 4 rings (SSSR count). The Hall–Kier alpha value is -0.960. The predicted octanol–water partition coefficient (Wildman–Crippen LogP) is 3.92. The summed E-state index contributed by atoms with van der Waals surface area (Å²) in [5.41, 5.74) is 0.752. The van der Waals surface area contributed by atoms with Crippen LogP contribution in [0.3, 0.4) is 0 Å². The zero-order valence-corrected chi connectivity index (χ0v) is 12.3. The van der Waals surface area contributed by atoms with Crippen molar-refractivity contribution in [1.82, 2.24) is 5.32 Å². The number of nitrogens with one attached hydrogen (secondary N) is 1. The van der Waals surface area contributed by atoms with E-state index in [1.54, 1.807) is 0 Å². The highest BCUT2D eigenvalue weighted by atomic mass is 19.1. The van der Waals surface area contributed by atoms with Crippen molar-refractivity contribution in [3.63, 3.8) is 0 Å². The van der Waals surface area contributed by atoms with Crippen LogP contribution in [0.1, 0.15) is 37.7 Å². The number of benzene rings is 1. The lowest BCUT2D eigenvalue weighted by molar-refractivity contribution is 0.209. The van der Waals surface area contributed by atoms with Crippen molar-refractivity contribution in [3.05, 3.63) is 35.4 Å². The van der Waals surface area contributed by atoms with Gasteiger partial charge >= 0.3 is 0 Å². The predicted molar refractivity (Wildman–Crippen MR) is 78.9 cm³/mol. The highest BCUT2D eigenvalue weighted by Crippen LogP contribution is 2.58. The standard InChI is InChI=1S/C18H23F2N/c19-13-6-11(7-14(20)10-13)4-5-21-18-9-12-8-17(18)16-3-1-2-15(12)16/h6-7,10,12,15-18,21H,1-5,8-9H2. The van der Waals surface area contributed by atoms with Gasteiger partial charge in [0, 0.05) is 12.1 Å². The van der Waals surface area contributed by atoms with Gasteiger partial charge in [-0.25, -0.2) is 8.78 Å². The monoisotopic (exact) mass is 291 g/mol. The second-order valence-electron chi connectivity index (χ2n) is 7.24. The fourth-order valence-corrected chi connectivity index (χ4v) is 5.46. The van der Waals surface area contributed by atoms with Crippen molar-refractivity contribution in [1.29, 1.82) is 0 Å². The van der Waals surface area contributed by atoms with E-state index < -0.39 is 11.6 Å². The lowest BCUT2D eigenvalue weighted by Gasteiger charge is -2.32. The highest BCUT2D eigenvalue weighted by Gasteiger charge is 2.53. The summed E-state index contributed by atoms with van der Waals surface area (Å²) in [6.07, 6.45) is 7.76. The van der Waals surface area contributed by atoms with Crippen LogP contribution in [0.4, 0.5) is 8.78 Å². The van der Waals surface area contributed by atoms with Gasteiger partial charge in [-0.2, -0.15) is 0 Å². The highest BCUT2D eigenvalue weighted by molar-refractivity contribution is 5.18. The van der Waals surface area contributed by atoms with Crippen LogP contribution in [-0.4, -0.2) is 12.6 Å². The molecule has 0 heterocycles. The first-order chi connectivity index (χ1) is 10.2. The molecule has 3 heteroatoms. The van der Waals surface area contributed by atoms with E-state index in [0.717, 1.165) is 41.8 Å². The van der Waals surface area contributed by atoms with Gasteiger partial charge in [0.05, 0.1) is 0 Å². The van der Waals surface area contributed by atoms with Crippen LogP contribution >= 0.6 is 0 Å². The number of hydrogen-bond donors (Lipinski definition) is 1. The van der Waals surface area contributed by atoms with Crippen LogP contribution in [0.25, 0.3) is 0 Å². The Morgan fingerprint density at radius 2 is 1.71 bits per heavy atom. The third-order valence-corrected chi connectivity index (χ3v) is 6.17. The number of halogens is 2. The number of rotatable bonds is 4. The molecule has 3 saturated carbocycles. The van der Waals surface area contributed by atoms with E-state index in [2.05, 4.69) is 5.32 Å². The summed E-state index contributed by atoms with van der Waals surface area (Å²) in [6, 6.07) is 4.47. The van der Waals surface area contributed by atoms with E-state index in [1.807, 2.05) is 0 Å². The number of fused-ring (bicyclic) bond motifs is 5. The molecule has 21 heavy (non-hydrogen) atoms. The molecule has 0 amide bonds. The van der Waals surface area contributed by atoms with Crippen LogP contribution in [0.15, 0.2) is 18.2 Å². The Morgan fingerprint density at radius 1 is 0.952 bits per heavy atom. The Morgan fingerprint density at radius 3 is 2.52 bits per heavy atom. The summed E-state index contributed by atoms with van der Waals surface area (Å²) in [6.45, 7) is 0.828. The molecular weight excluding hydrogens is 268 g/mol. The molecule has 2 bridgehead atoms. The van der Waals surface area contributed by atoms with Crippen LogP contribution in [-0.2, 0) is 6.42 Å². The molecule has 5 unspecified atom stereocenters. The van der Waals surface area contributed by atoms with E-state index >= 15 is 0 Å². The van der Waals surface area contributed by atoms with Crippen molar-refractivity contribution in [2.24, 2.45) is 23.7 Å². The average Bonchev–Trinajstić information content (AvgIpc) is 3.09. The first kappa shape index (κ1) is 13.7. The minimum absolute atomic E-state index is 0.473. The zero-order chi connectivity index (χ0) is 14.4. The SMILES string of the molecule is Fc1cc(F)cc(CCNC2CC3CC2C2CCCC32)c1. The summed E-state index contributed by atoms with van der Waals surface area (Å²) < 4.78 is 26.3. The third-order valence-electron chi connectivity index (χ3n) is 6.17. The van der Waals surface area contributed by atoms with E-state index in [4.69, 9.17) is 0 Å². The molecule has 3 aliphatic carbocycles. The summed E-state index contributed by atoms with van der Waals surface area (Å²) in [5, 5.41) is 3.67. The van der Waals surface area contributed by atoms with Gasteiger partial charge in [-0.3, -0.25) is 0 Å². The maximum atomic E-state index is 13.2. The third kappa shape index (κ3) is 2.50. The fourth-order valence-electron chi connectivity index (χ4n) is 5.46. The van der Waals surface area contributed by atoms with E-state index in [1.165, 1.54) is 44.2 Å². The first-order valence-electron chi connectivity index (χ1n) is 8.39. The molecule has 3 fully saturated rings. The van der Waals surface area contributed by atoms with Crippen molar-refractivity contribution in [2.75, 3.05) is 6.54 Å². The quantitative estimate of drug-likeness (QED) is 0.886. The largest absolute Gasteiger partial charge is 0.313 e. The molecule has 1 aromatic rings. The maximum Gasteiger partial charge on any atom is 0.126 e. The summed E-state index contributed by atoms with van der Waals surface area (Å²) in [4.78, 5) is 0. The average molecular weight is 291 g/mol. The van der Waals surface area contributed by atoms with Crippen LogP contribution < -0.4 is 5.32 Å². The molecule has 114 valence electrons. The van der Waals surface area contributed by atoms with Crippen molar-refractivity contribution < 1.29 is 8.78 Å². The van der Waals surface area contributed by atoms with Gasteiger partial charge in [0.25, 0.3) is 0 Å². The molecule has 0 radical (unpaired) electrons. The van der Waals surface area contributed by atoms with Crippen LogP contribution in [0.5, 0.6) is 0 Å². The van der Waals surface area contributed by atoms with E-state index in [9.17, 15) is 8.78 Å². The van der Waals surface area contributed by atoms with Crippen LogP contribution in [0, 0.1) is 35.3 Å². The second-order valence-corrected chi connectivity index (χ2v) is 7.24. The Kier molecular flexibility index (Phi) is 3.49. The molecular formula is C18H23F2N. The minimum Gasteiger partial charge on any atom is -0.313 e. The zero-order valence-electron chi connectivity index (χ0n) is 12.3. The van der Waals surface area contributed by atoms with Gasteiger partial charge in [0.1, 0.15) is 11.6 Å². The lowest BCUT2D eigenvalue weighted by atomic mass is 9.79. The molecule has 1 nitrogen and oxygen atoms in total. The lowest BCUT2D eigenvalue weighted by Crippen LogP contribution is -2.40. The summed E-state index contributed by atoms with van der Waals surface area (Å²) in [7, 11) is 0. The van der Waals surface area contributed by atoms with Gasteiger partial charge in [-0.05, 0) is 80.0 Å². The normalized spacial score (nSPS) is 37.1.